The maximum atomic E-state index is 12.3. The topological polar surface area (TPSA) is 124 Å². The lowest BCUT2D eigenvalue weighted by Crippen LogP contribution is -2.24. The molecule has 1 amide bonds. The van der Waals surface area contributed by atoms with Gasteiger partial charge >= 0.3 is 0 Å². The minimum atomic E-state index is -0.314. The molecule has 1 fully saturated rings. The molecule has 0 unspecified atom stereocenters. The van der Waals surface area contributed by atoms with Gasteiger partial charge < -0.3 is 14.4 Å². The lowest BCUT2D eigenvalue weighted by molar-refractivity contribution is 0.0940. The standard InChI is InChI=1S/C17H15N7O3/c1-9-19-17(27-22-9)11-3-2-6-24-14(20-21-15(11)24)8-18-16(25)12-7-13(26-23-12)10-4-5-10/h2-3,6-7,10H,4-5,8H2,1H3,(H,18,25). The fraction of sp³-hybridized carbons (Fsp3) is 0.294. The highest BCUT2D eigenvalue weighted by molar-refractivity contribution is 5.92. The van der Waals surface area contributed by atoms with Gasteiger partial charge in [0.25, 0.3) is 11.8 Å². The zero-order chi connectivity index (χ0) is 18.4. The van der Waals surface area contributed by atoms with Crippen LogP contribution >= 0.6 is 0 Å². The van der Waals surface area contributed by atoms with Crippen LogP contribution in [-0.2, 0) is 6.54 Å². The second kappa shape index (κ2) is 6.01. The third kappa shape index (κ3) is 2.84. The van der Waals surface area contributed by atoms with E-state index >= 15 is 0 Å². The number of nitrogens with one attached hydrogen (secondary N) is 1. The van der Waals surface area contributed by atoms with Crippen molar-refractivity contribution in [2.45, 2.75) is 32.2 Å². The smallest absolute Gasteiger partial charge is 0.273 e. The molecule has 4 heterocycles. The van der Waals surface area contributed by atoms with Gasteiger partial charge in [-0.25, -0.2) is 0 Å². The summed E-state index contributed by atoms with van der Waals surface area (Å²) in [5.41, 5.74) is 1.52. The number of amides is 1. The molecule has 4 aromatic rings. The average molecular weight is 365 g/mol. The van der Waals surface area contributed by atoms with Crippen molar-refractivity contribution in [2.75, 3.05) is 0 Å². The Morgan fingerprint density at radius 2 is 2.19 bits per heavy atom. The van der Waals surface area contributed by atoms with E-state index in [0.29, 0.717) is 34.7 Å². The molecule has 1 saturated carbocycles. The molecule has 0 aliphatic heterocycles. The molecule has 136 valence electrons. The van der Waals surface area contributed by atoms with Gasteiger partial charge in [0.2, 0.25) is 0 Å². The lowest BCUT2D eigenvalue weighted by Gasteiger charge is -2.02. The molecule has 0 saturated heterocycles. The van der Waals surface area contributed by atoms with Gasteiger partial charge in [-0.1, -0.05) is 10.3 Å². The van der Waals surface area contributed by atoms with Crippen LogP contribution in [0.5, 0.6) is 0 Å². The summed E-state index contributed by atoms with van der Waals surface area (Å²) >= 11 is 0. The van der Waals surface area contributed by atoms with Crippen LogP contribution in [0.1, 0.15) is 46.7 Å². The maximum Gasteiger partial charge on any atom is 0.273 e. The largest absolute Gasteiger partial charge is 0.360 e. The molecule has 0 aromatic carbocycles. The van der Waals surface area contributed by atoms with Crippen LogP contribution in [0, 0.1) is 6.92 Å². The van der Waals surface area contributed by atoms with Crippen molar-refractivity contribution in [3.05, 3.63) is 47.5 Å². The van der Waals surface area contributed by atoms with Crippen molar-refractivity contribution in [1.82, 2.24) is 35.2 Å². The number of aromatic nitrogens is 6. The molecule has 0 spiro atoms. The Morgan fingerprint density at radius 1 is 1.30 bits per heavy atom. The second-order valence-corrected chi connectivity index (χ2v) is 6.45. The van der Waals surface area contributed by atoms with Gasteiger partial charge in [-0.15, -0.1) is 10.2 Å². The summed E-state index contributed by atoms with van der Waals surface area (Å²) in [6.45, 7) is 1.94. The van der Waals surface area contributed by atoms with E-state index in [4.69, 9.17) is 9.05 Å². The van der Waals surface area contributed by atoms with E-state index in [0.717, 1.165) is 18.6 Å². The summed E-state index contributed by atoms with van der Waals surface area (Å²) < 4.78 is 12.2. The minimum Gasteiger partial charge on any atom is -0.360 e. The van der Waals surface area contributed by atoms with Crippen LogP contribution in [-0.4, -0.2) is 35.8 Å². The monoisotopic (exact) mass is 365 g/mol. The number of fused-ring (bicyclic) bond motifs is 1. The number of rotatable bonds is 5. The van der Waals surface area contributed by atoms with Gasteiger partial charge in [0, 0.05) is 18.2 Å². The van der Waals surface area contributed by atoms with E-state index in [1.807, 2.05) is 18.3 Å². The van der Waals surface area contributed by atoms with E-state index < -0.39 is 0 Å². The van der Waals surface area contributed by atoms with Crippen molar-refractivity contribution >= 4 is 11.6 Å². The van der Waals surface area contributed by atoms with E-state index in [1.165, 1.54) is 0 Å². The second-order valence-electron chi connectivity index (χ2n) is 6.45. The van der Waals surface area contributed by atoms with Gasteiger partial charge in [0.05, 0.1) is 12.1 Å². The SMILES string of the molecule is Cc1noc(-c2cccn3c(CNC(=O)c4cc(C5CC5)on4)nnc23)n1. The van der Waals surface area contributed by atoms with Crippen LogP contribution < -0.4 is 5.32 Å². The number of hydrogen-bond donors (Lipinski definition) is 1. The van der Waals surface area contributed by atoms with Gasteiger partial charge in [-0.05, 0) is 31.9 Å². The van der Waals surface area contributed by atoms with Crippen molar-refractivity contribution in [1.29, 1.82) is 0 Å². The molecule has 0 radical (unpaired) electrons. The number of aryl methyl sites for hydroxylation is 1. The summed E-state index contributed by atoms with van der Waals surface area (Å²) in [5, 5.41) is 18.8. The molecule has 0 bridgehead atoms. The van der Waals surface area contributed by atoms with E-state index in [1.54, 1.807) is 17.4 Å². The molecule has 1 aliphatic carbocycles. The summed E-state index contributed by atoms with van der Waals surface area (Å²) in [5.74, 6) is 2.35. The highest BCUT2D eigenvalue weighted by Crippen LogP contribution is 2.40. The highest BCUT2D eigenvalue weighted by Gasteiger charge is 2.29. The van der Waals surface area contributed by atoms with Gasteiger partial charge in [0.15, 0.2) is 23.0 Å². The fourth-order valence-electron chi connectivity index (χ4n) is 2.86. The first-order valence-electron chi connectivity index (χ1n) is 8.57. The van der Waals surface area contributed by atoms with Crippen molar-refractivity contribution in [3.63, 3.8) is 0 Å². The Bertz CT molecular complexity index is 1140. The number of pyridine rings is 1. The van der Waals surface area contributed by atoms with Crippen molar-refractivity contribution < 1.29 is 13.8 Å². The predicted molar refractivity (Wildman–Crippen MR) is 90.7 cm³/mol. The molecule has 10 nitrogen and oxygen atoms in total. The lowest BCUT2D eigenvalue weighted by atomic mass is 10.2. The predicted octanol–water partition coefficient (Wildman–Crippen LogP) is 1.88. The molecule has 0 atom stereocenters. The van der Waals surface area contributed by atoms with E-state index in [9.17, 15) is 4.79 Å². The molecule has 1 N–H and O–H groups in total. The summed E-state index contributed by atoms with van der Waals surface area (Å²) in [6.07, 6.45) is 3.98. The van der Waals surface area contributed by atoms with Crippen LogP contribution in [0.25, 0.3) is 17.1 Å². The molecular weight excluding hydrogens is 350 g/mol. The van der Waals surface area contributed by atoms with E-state index in [2.05, 4.69) is 30.8 Å². The van der Waals surface area contributed by atoms with Crippen LogP contribution in [0.4, 0.5) is 0 Å². The summed E-state index contributed by atoms with van der Waals surface area (Å²) in [6, 6.07) is 5.36. The maximum absolute atomic E-state index is 12.3. The van der Waals surface area contributed by atoms with Crippen molar-refractivity contribution in [3.8, 4) is 11.5 Å². The Kier molecular flexibility index (Phi) is 3.49. The number of nitrogens with zero attached hydrogens (tertiary/aromatic N) is 6. The molecular formula is C17H15N7O3. The van der Waals surface area contributed by atoms with Gasteiger partial charge in [-0.3, -0.25) is 9.20 Å². The fourth-order valence-corrected chi connectivity index (χ4v) is 2.86. The first-order valence-corrected chi connectivity index (χ1v) is 8.57. The Balaban J connectivity index is 1.36. The van der Waals surface area contributed by atoms with Crippen LogP contribution in [0.15, 0.2) is 33.4 Å². The summed E-state index contributed by atoms with van der Waals surface area (Å²) in [4.78, 5) is 16.5. The van der Waals surface area contributed by atoms with E-state index in [-0.39, 0.29) is 18.1 Å². The highest BCUT2D eigenvalue weighted by atomic mass is 16.5. The van der Waals surface area contributed by atoms with Crippen LogP contribution in [0.2, 0.25) is 0 Å². The number of hydrogen-bond acceptors (Lipinski definition) is 8. The third-order valence-corrected chi connectivity index (χ3v) is 4.41. The molecule has 4 aromatic heterocycles. The quantitative estimate of drug-likeness (QED) is 0.568. The first-order chi connectivity index (χ1) is 13.2. The normalized spacial score (nSPS) is 14.0. The molecule has 10 heteroatoms. The average Bonchev–Trinajstić information content (AvgIpc) is 3.09. The third-order valence-electron chi connectivity index (χ3n) is 4.41. The minimum absolute atomic E-state index is 0.192. The van der Waals surface area contributed by atoms with Crippen molar-refractivity contribution in [2.24, 2.45) is 0 Å². The Morgan fingerprint density at radius 3 is 2.96 bits per heavy atom. The zero-order valence-electron chi connectivity index (χ0n) is 14.4. The zero-order valence-corrected chi connectivity index (χ0v) is 14.4. The molecule has 27 heavy (non-hydrogen) atoms. The Hall–Kier alpha value is -3.56. The molecule has 5 rings (SSSR count). The Labute approximate surface area is 152 Å². The first kappa shape index (κ1) is 15.7. The van der Waals surface area contributed by atoms with Crippen LogP contribution in [0.3, 0.4) is 0 Å². The number of carbonyl (C=O) groups excluding carboxylic acids is 1. The number of carbonyl (C=O) groups is 1. The molecule has 1 aliphatic rings. The van der Waals surface area contributed by atoms with Gasteiger partial charge in [0.1, 0.15) is 5.76 Å². The van der Waals surface area contributed by atoms with Gasteiger partial charge in [-0.2, -0.15) is 4.98 Å². The summed E-state index contributed by atoms with van der Waals surface area (Å²) in [7, 11) is 0.